The average Bonchev–Trinajstić information content (AvgIpc) is 2.95. The Kier molecular flexibility index (Phi) is 6.96. The number of amides is 2. The monoisotopic (exact) mass is 472 g/mol. The lowest BCUT2D eigenvalue weighted by Crippen LogP contribution is -2.47. The van der Waals surface area contributed by atoms with Crippen LogP contribution in [0.4, 0.5) is 5.69 Å². The molecule has 1 aromatic carbocycles. The highest BCUT2D eigenvalue weighted by molar-refractivity contribution is 9.10. The largest absolute Gasteiger partial charge is 0.360 e. The van der Waals surface area contributed by atoms with Gasteiger partial charge in [0.05, 0.1) is 18.3 Å². The first-order valence-corrected chi connectivity index (χ1v) is 10.5. The van der Waals surface area contributed by atoms with Crippen molar-refractivity contribution in [1.29, 1.82) is 0 Å². The van der Waals surface area contributed by atoms with Crippen LogP contribution in [-0.2, 0) is 19.6 Å². The summed E-state index contributed by atoms with van der Waals surface area (Å²) in [5, 5.41) is 6.29. The molecule has 1 heterocycles. The van der Waals surface area contributed by atoms with Crippen molar-refractivity contribution in [2.75, 3.05) is 18.9 Å². The maximum atomic E-state index is 12.5. The number of carbonyl (C=O) groups is 2. The number of aromatic nitrogens is 1. The Morgan fingerprint density at radius 2 is 1.93 bits per heavy atom. The van der Waals surface area contributed by atoms with Crippen molar-refractivity contribution in [2.24, 2.45) is 0 Å². The van der Waals surface area contributed by atoms with E-state index in [2.05, 4.69) is 31.1 Å². The Labute approximate surface area is 171 Å². The van der Waals surface area contributed by atoms with Gasteiger partial charge in [0.15, 0.2) is 5.76 Å². The van der Waals surface area contributed by atoms with Gasteiger partial charge in [-0.15, -0.1) is 0 Å². The van der Waals surface area contributed by atoms with Crippen LogP contribution in [-0.4, -0.2) is 49.9 Å². The van der Waals surface area contributed by atoms with E-state index in [1.807, 2.05) is 6.07 Å². The predicted molar refractivity (Wildman–Crippen MR) is 106 cm³/mol. The zero-order chi connectivity index (χ0) is 21.1. The number of para-hydroxylation sites is 1. The highest BCUT2D eigenvalue weighted by Gasteiger charge is 2.29. The number of aryl methyl sites for hydroxylation is 2. The van der Waals surface area contributed by atoms with Gasteiger partial charge >= 0.3 is 0 Å². The summed E-state index contributed by atoms with van der Waals surface area (Å²) in [4.78, 5) is 25.7. The summed E-state index contributed by atoms with van der Waals surface area (Å²) in [6.07, 6.45) is 0. The standard InChI is InChI=1S/C17H21BrN4O5S/c1-10-16(12(3)27-20-10)28(25,26)21-11(2)17(24)22(4)9-15(23)19-14-8-6-5-7-13(14)18/h5-8,11,21H,9H2,1-4H3,(H,19,23)/t11-/m0/s1. The molecule has 152 valence electrons. The van der Waals surface area contributed by atoms with E-state index in [1.165, 1.54) is 27.8 Å². The molecule has 0 unspecified atom stereocenters. The van der Waals surface area contributed by atoms with E-state index >= 15 is 0 Å². The van der Waals surface area contributed by atoms with Crippen LogP contribution in [0.3, 0.4) is 0 Å². The minimum Gasteiger partial charge on any atom is -0.360 e. The first kappa shape index (κ1) is 22.1. The average molecular weight is 473 g/mol. The van der Waals surface area contributed by atoms with Crippen LogP contribution in [0.2, 0.25) is 0 Å². The zero-order valence-electron chi connectivity index (χ0n) is 15.8. The van der Waals surface area contributed by atoms with Gasteiger partial charge in [0.1, 0.15) is 10.6 Å². The number of halogens is 1. The molecule has 2 amide bonds. The van der Waals surface area contributed by atoms with E-state index in [-0.39, 0.29) is 22.9 Å². The fraction of sp³-hybridized carbons (Fsp3) is 0.353. The van der Waals surface area contributed by atoms with Crippen molar-refractivity contribution in [3.63, 3.8) is 0 Å². The third-order valence-corrected chi connectivity index (χ3v) is 6.32. The number of hydrogen-bond acceptors (Lipinski definition) is 6. The maximum Gasteiger partial charge on any atom is 0.246 e. The summed E-state index contributed by atoms with van der Waals surface area (Å²) >= 11 is 3.32. The van der Waals surface area contributed by atoms with Crippen molar-refractivity contribution in [3.05, 3.63) is 40.2 Å². The first-order chi connectivity index (χ1) is 13.0. The van der Waals surface area contributed by atoms with E-state index in [0.717, 1.165) is 4.90 Å². The molecule has 2 N–H and O–H groups in total. The minimum atomic E-state index is -4.00. The van der Waals surface area contributed by atoms with Crippen LogP contribution in [0.1, 0.15) is 18.4 Å². The third-order valence-electron chi connectivity index (χ3n) is 3.84. The molecule has 0 radical (unpaired) electrons. The first-order valence-electron chi connectivity index (χ1n) is 8.27. The van der Waals surface area contributed by atoms with Gasteiger partial charge in [-0.1, -0.05) is 17.3 Å². The van der Waals surface area contributed by atoms with Crippen LogP contribution >= 0.6 is 15.9 Å². The van der Waals surface area contributed by atoms with Crippen LogP contribution in [0, 0.1) is 13.8 Å². The van der Waals surface area contributed by atoms with Gasteiger partial charge in [-0.05, 0) is 48.8 Å². The molecule has 0 fully saturated rings. The lowest BCUT2D eigenvalue weighted by atomic mass is 10.3. The molecule has 1 aromatic heterocycles. The second kappa shape index (κ2) is 8.84. The number of carbonyl (C=O) groups excluding carboxylic acids is 2. The van der Waals surface area contributed by atoms with Crippen molar-refractivity contribution < 1.29 is 22.5 Å². The molecule has 0 bridgehead atoms. The Bertz CT molecular complexity index is 970. The fourth-order valence-corrected chi connectivity index (χ4v) is 4.49. The van der Waals surface area contributed by atoms with Crippen molar-refractivity contribution in [3.8, 4) is 0 Å². The molecule has 0 aliphatic heterocycles. The Hall–Kier alpha value is -2.24. The summed E-state index contributed by atoms with van der Waals surface area (Å²) < 4.78 is 32.9. The lowest BCUT2D eigenvalue weighted by molar-refractivity contribution is -0.134. The number of rotatable bonds is 7. The van der Waals surface area contributed by atoms with Gasteiger partial charge in [-0.25, -0.2) is 8.42 Å². The summed E-state index contributed by atoms with van der Waals surface area (Å²) in [5.41, 5.74) is 0.770. The zero-order valence-corrected chi connectivity index (χ0v) is 18.2. The van der Waals surface area contributed by atoms with E-state index in [9.17, 15) is 18.0 Å². The highest BCUT2D eigenvalue weighted by Crippen LogP contribution is 2.21. The molecule has 28 heavy (non-hydrogen) atoms. The molecule has 0 spiro atoms. The van der Waals surface area contributed by atoms with E-state index < -0.39 is 27.9 Å². The van der Waals surface area contributed by atoms with Gasteiger partial charge in [-0.3, -0.25) is 9.59 Å². The maximum absolute atomic E-state index is 12.5. The summed E-state index contributed by atoms with van der Waals surface area (Å²) in [6.45, 7) is 4.13. The molecule has 1 atom stereocenters. The van der Waals surface area contributed by atoms with E-state index in [4.69, 9.17) is 4.52 Å². The summed E-state index contributed by atoms with van der Waals surface area (Å²) in [7, 11) is -2.58. The summed E-state index contributed by atoms with van der Waals surface area (Å²) in [5.74, 6) is -0.841. The number of anilines is 1. The van der Waals surface area contributed by atoms with Crippen molar-refractivity contribution in [2.45, 2.75) is 31.7 Å². The molecule has 0 saturated carbocycles. The quantitative estimate of drug-likeness (QED) is 0.633. The molecular formula is C17H21BrN4O5S. The second-order valence-electron chi connectivity index (χ2n) is 6.22. The summed E-state index contributed by atoms with van der Waals surface area (Å²) in [6, 6.07) is 5.98. The third kappa shape index (κ3) is 5.18. The van der Waals surface area contributed by atoms with Crippen LogP contribution in [0.25, 0.3) is 0 Å². The van der Waals surface area contributed by atoms with Gasteiger partial charge in [-0.2, -0.15) is 4.72 Å². The van der Waals surface area contributed by atoms with Crippen molar-refractivity contribution >= 4 is 43.5 Å². The number of hydrogen-bond donors (Lipinski definition) is 2. The van der Waals surface area contributed by atoms with E-state index in [1.54, 1.807) is 18.2 Å². The SMILES string of the molecule is Cc1noc(C)c1S(=O)(=O)N[C@@H](C)C(=O)N(C)CC(=O)Nc1ccccc1Br. The minimum absolute atomic E-state index is 0.0959. The second-order valence-corrected chi connectivity index (χ2v) is 8.72. The van der Waals surface area contributed by atoms with Gasteiger partial charge in [0, 0.05) is 11.5 Å². The van der Waals surface area contributed by atoms with Crippen LogP contribution in [0.15, 0.2) is 38.2 Å². The normalized spacial score (nSPS) is 12.5. The molecule has 0 aliphatic carbocycles. The molecular weight excluding hydrogens is 452 g/mol. The molecule has 2 aromatic rings. The topological polar surface area (TPSA) is 122 Å². The predicted octanol–water partition coefficient (Wildman–Crippen LogP) is 1.82. The number of nitrogens with zero attached hydrogens (tertiary/aromatic N) is 2. The lowest BCUT2D eigenvalue weighted by Gasteiger charge is -2.21. The Balaban J connectivity index is 2.00. The number of nitrogens with one attached hydrogen (secondary N) is 2. The highest BCUT2D eigenvalue weighted by atomic mass is 79.9. The number of likely N-dealkylation sites (N-methyl/N-ethyl adjacent to an activating group) is 1. The molecule has 11 heteroatoms. The van der Waals surface area contributed by atoms with Gasteiger partial charge < -0.3 is 14.7 Å². The smallest absolute Gasteiger partial charge is 0.246 e. The fourth-order valence-electron chi connectivity index (χ4n) is 2.58. The number of benzene rings is 1. The van der Waals surface area contributed by atoms with Gasteiger partial charge in [0.2, 0.25) is 21.8 Å². The molecule has 9 nitrogen and oxygen atoms in total. The van der Waals surface area contributed by atoms with E-state index in [0.29, 0.717) is 10.2 Å². The number of sulfonamides is 1. The Morgan fingerprint density at radius 1 is 1.29 bits per heavy atom. The molecule has 0 aliphatic rings. The van der Waals surface area contributed by atoms with Crippen molar-refractivity contribution in [1.82, 2.24) is 14.8 Å². The Morgan fingerprint density at radius 3 is 2.50 bits per heavy atom. The molecule has 0 saturated heterocycles. The van der Waals surface area contributed by atoms with Gasteiger partial charge in [0.25, 0.3) is 0 Å². The molecule has 2 rings (SSSR count). The van der Waals surface area contributed by atoms with Crippen LogP contribution < -0.4 is 10.0 Å². The van der Waals surface area contributed by atoms with Crippen LogP contribution in [0.5, 0.6) is 0 Å².